The van der Waals surface area contributed by atoms with E-state index >= 15 is 0 Å². The molecule has 0 radical (unpaired) electrons. The third-order valence-corrected chi connectivity index (χ3v) is 24.6. The van der Waals surface area contributed by atoms with Crippen molar-refractivity contribution in [3.05, 3.63) is 0 Å². The molecule has 11 nitrogen and oxygen atoms in total. The van der Waals surface area contributed by atoms with Crippen molar-refractivity contribution in [2.45, 2.75) is 218 Å². The third-order valence-electron chi connectivity index (χ3n) is 24.6. The van der Waals surface area contributed by atoms with Crippen LogP contribution < -0.4 is 5.73 Å². The van der Waals surface area contributed by atoms with Crippen LogP contribution in [0.5, 0.6) is 0 Å². The van der Waals surface area contributed by atoms with Gasteiger partial charge in [0.2, 0.25) is 11.8 Å². The van der Waals surface area contributed by atoms with Gasteiger partial charge >= 0.3 is 20.2 Å². The predicted molar refractivity (Wildman–Crippen MR) is 266 cm³/mol. The van der Waals surface area contributed by atoms with Crippen LogP contribution in [0, 0.1) is 98.6 Å². The molecule has 2 unspecified atom stereocenters. The summed E-state index contributed by atoms with van der Waals surface area (Å²) < 4.78 is 13.5. The molecular formula is C56H89B2N3O8. The number of hydrogen-bond acceptors (Lipinski definition) is 8. The summed E-state index contributed by atoms with van der Waals surface area (Å²) in [4.78, 5) is 42.0. The van der Waals surface area contributed by atoms with E-state index in [1.807, 2.05) is 6.92 Å². The Morgan fingerprint density at radius 1 is 0.609 bits per heavy atom. The number of carbonyl (C=O) groups is 3. The van der Waals surface area contributed by atoms with Gasteiger partial charge < -0.3 is 40.0 Å². The highest BCUT2D eigenvalue weighted by atomic mass is 16.7. The topological polar surface area (TPSA) is 163 Å². The fraction of sp³-hybridized carbons (Fsp3) is 0.946. The first-order chi connectivity index (χ1) is 32.8. The Balaban J connectivity index is 0.000000115. The SMILES string of the molecule is C[C@H](C(=O)N1CCC[C@H]1B1O[C@@H]2CC3CC(C3(C)C)[C@]2(C)O1)C12CC3CC(CC(C3)C1)C2.C[C@H](C(=O)O)C12CC3CC(CC(C3)C1)C2.N[C@H](C(=O)N1CCC[C@H]1B(O)O)C12CC3CC(CC(C3)C1)C2. The number of hydrogen-bond donors (Lipinski definition) is 4. The Hall–Kier alpha value is -1.66. The van der Waals surface area contributed by atoms with Crippen LogP contribution in [0.15, 0.2) is 0 Å². The highest BCUT2D eigenvalue weighted by Gasteiger charge is 2.69. The molecule has 69 heavy (non-hydrogen) atoms. The Morgan fingerprint density at radius 2 is 1.04 bits per heavy atom. The van der Waals surface area contributed by atoms with Gasteiger partial charge in [0.1, 0.15) is 0 Å². The molecule has 18 fully saturated rings. The molecule has 15 saturated carbocycles. The molecule has 9 atom stereocenters. The van der Waals surface area contributed by atoms with Gasteiger partial charge in [0.05, 0.1) is 35.5 Å². The minimum absolute atomic E-state index is 0.0145. The minimum atomic E-state index is -1.45. The first kappa shape index (κ1) is 48.3. The van der Waals surface area contributed by atoms with Crippen molar-refractivity contribution in [2.24, 2.45) is 104 Å². The van der Waals surface area contributed by atoms with Gasteiger partial charge in [-0.15, -0.1) is 0 Å². The quantitative estimate of drug-likeness (QED) is 0.175. The monoisotopic (exact) mass is 954 g/mol. The van der Waals surface area contributed by atoms with Gasteiger partial charge in [0.25, 0.3) is 0 Å². The summed E-state index contributed by atoms with van der Waals surface area (Å²) >= 11 is 0. The van der Waals surface area contributed by atoms with Crippen molar-refractivity contribution in [3.63, 3.8) is 0 Å². The van der Waals surface area contributed by atoms with Crippen molar-refractivity contribution in [2.75, 3.05) is 13.1 Å². The lowest BCUT2D eigenvalue weighted by Gasteiger charge is -2.64. The molecule has 18 aliphatic rings. The summed E-state index contributed by atoms with van der Waals surface area (Å²) in [6, 6.07) is -0.458. The maximum absolute atomic E-state index is 14.0. The lowest BCUT2D eigenvalue weighted by Crippen LogP contribution is -2.65. The van der Waals surface area contributed by atoms with Crippen molar-refractivity contribution >= 4 is 32.0 Å². The van der Waals surface area contributed by atoms with Crippen molar-refractivity contribution in [1.29, 1.82) is 0 Å². The number of aliphatic carboxylic acids is 1. The number of carboxylic acid groups (broad SMARTS) is 1. The average molecular weight is 954 g/mol. The number of carbonyl (C=O) groups excluding carboxylic acids is 2. The molecule has 382 valence electrons. The highest BCUT2D eigenvalue weighted by molar-refractivity contribution is 6.48. The lowest BCUT2D eigenvalue weighted by molar-refractivity contribution is -0.199. The van der Waals surface area contributed by atoms with Crippen LogP contribution in [0.4, 0.5) is 0 Å². The molecule has 0 aromatic carbocycles. The number of nitrogens with zero attached hydrogens (tertiary/aromatic N) is 2. The zero-order chi connectivity index (χ0) is 48.2. The molecule has 13 heteroatoms. The molecule has 3 aliphatic heterocycles. The average Bonchev–Trinajstić information content (AvgIpc) is 4.06. The van der Waals surface area contributed by atoms with Gasteiger partial charge in [-0.05, 0) is 248 Å². The first-order valence-electron chi connectivity index (χ1n) is 29.1. The molecule has 2 amide bonds. The summed E-state index contributed by atoms with van der Waals surface area (Å²) in [6.45, 7) is 12.9. The Kier molecular flexibility index (Phi) is 12.0. The number of carboxylic acids is 1. The van der Waals surface area contributed by atoms with Crippen LogP contribution in [0.1, 0.15) is 189 Å². The van der Waals surface area contributed by atoms with Gasteiger partial charge in [-0.1, -0.05) is 27.7 Å². The van der Waals surface area contributed by atoms with E-state index in [-0.39, 0.29) is 58.8 Å². The summed E-state index contributed by atoms with van der Waals surface area (Å²) in [5.74, 6) is 8.39. The van der Waals surface area contributed by atoms with Crippen LogP contribution in [0.25, 0.3) is 0 Å². The predicted octanol–water partition coefficient (Wildman–Crippen LogP) is 8.55. The van der Waals surface area contributed by atoms with Gasteiger partial charge in [-0.25, -0.2) is 0 Å². The van der Waals surface area contributed by atoms with E-state index in [4.69, 9.17) is 15.0 Å². The minimum Gasteiger partial charge on any atom is -0.481 e. The molecule has 3 heterocycles. The highest BCUT2D eigenvalue weighted by Crippen LogP contribution is 2.67. The van der Waals surface area contributed by atoms with E-state index in [9.17, 15) is 29.5 Å². The van der Waals surface area contributed by atoms with E-state index < -0.39 is 25.1 Å². The smallest absolute Gasteiger partial charge is 0.481 e. The van der Waals surface area contributed by atoms with Gasteiger partial charge in [0.15, 0.2) is 0 Å². The standard InChI is InChI=1S/C27H42BNO3.C16H27BN2O3.C13H20O2/c1-16(27-13-17-8-18(14-27)10-19(9-17)15-27)24(30)29-7-5-6-23(29)28-31-22-12-20-11-21(25(20,2)3)26(22,4)32-28;18-14(15(20)19-3-1-2-13(19)17(21)22)16-7-10-4-11(8-16)6-12(5-10)9-16;1-8(12(14)15)13-5-9-2-10(6-13)4-11(3-9)7-13/h16-23H,5-15H2,1-4H3;10-14,21-22H,1-9,18H2;8-11H,2-7H2,1H3,(H,14,15)/t16-,17?,18?,19?,20?,21?,22-,23+,26+,27?;10?,11?,12?,13-,14+,16?;8-,9?,10?,11?,13?/m101/s1. The molecule has 18 rings (SSSR count). The molecule has 0 aromatic rings. The van der Waals surface area contributed by atoms with E-state index in [2.05, 4.69) is 32.6 Å². The number of amides is 2. The number of rotatable bonds is 8. The second-order valence-electron chi connectivity index (χ2n) is 28.8. The zero-order valence-corrected chi connectivity index (χ0v) is 43.2. The first-order valence-corrected chi connectivity index (χ1v) is 29.1. The third kappa shape index (κ3) is 7.91. The van der Waals surface area contributed by atoms with Crippen LogP contribution in [0.3, 0.4) is 0 Å². The Morgan fingerprint density at radius 3 is 1.49 bits per heavy atom. The van der Waals surface area contributed by atoms with E-state index in [1.54, 1.807) is 4.90 Å². The molecule has 3 saturated heterocycles. The van der Waals surface area contributed by atoms with E-state index in [0.717, 1.165) is 111 Å². The number of likely N-dealkylation sites (tertiary alicyclic amines) is 2. The van der Waals surface area contributed by atoms with Crippen molar-refractivity contribution < 1.29 is 38.8 Å². The molecule has 14 bridgehead atoms. The Labute approximate surface area is 414 Å². The molecule has 15 aliphatic carbocycles. The van der Waals surface area contributed by atoms with Crippen LogP contribution >= 0.6 is 0 Å². The van der Waals surface area contributed by atoms with Crippen LogP contribution in [0.2, 0.25) is 0 Å². The van der Waals surface area contributed by atoms with Gasteiger partial charge in [-0.2, -0.15) is 0 Å². The fourth-order valence-corrected chi connectivity index (χ4v) is 22.0. The van der Waals surface area contributed by atoms with Gasteiger partial charge in [0, 0.05) is 19.0 Å². The molecular weight excluding hydrogens is 864 g/mol. The fourth-order valence-electron chi connectivity index (χ4n) is 22.0. The molecule has 0 spiro atoms. The second-order valence-corrected chi connectivity index (χ2v) is 28.8. The van der Waals surface area contributed by atoms with Crippen molar-refractivity contribution in [1.82, 2.24) is 9.80 Å². The summed E-state index contributed by atoms with van der Waals surface area (Å²) in [6.07, 6.45) is 29.6. The zero-order valence-electron chi connectivity index (χ0n) is 43.2. The number of nitrogens with two attached hydrogens (primary N) is 1. The Bertz CT molecular complexity index is 1910. The van der Waals surface area contributed by atoms with Crippen LogP contribution in [-0.2, 0) is 23.7 Å². The van der Waals surface area contributed by atoms with E-state index in [0.29, 0.717) is 30.2 Å². The maximum Gasteiger partial charge on any atom is 0.481 e. The van der Waals surface area contributed by atoms with Crippen LogP contribution in [-0.4, -0.2) is 99.7 Å². The van der Waals surface area contributed by atoms with Gasteiger partial charge in [-0.3, -0.25) is 14.4 Å². The second kappa shape index (κ2) is 17.2. The largest absolute Gasteiger partial charge is 0.481 e. The molecule has 5 N–H and O–H groups in total. The summed E-state index contributed by atoms with van der Waals surface area (Å²) in [5.41, 5.74) is 7.14. The summed E-state index contributed by atoms with van der Waals surface area (Å²) in [5, 5.41) is 28.3. The molecule has 0 aromatic heterocycles. The van der Waals surface area contributed by atoms with E-state index in [1.165, 1.54) is 103 Å². The van der Waals surface area contributed by atoms with Crippen molar-refractivity contribution in [3.8, 4) is 0 Å². The maximum atomic E-state index is 14.0. The normalized spacial score (nSPS) is 49.6. The summed E-state index contributed by atoms with van der Waals surface area (Å²) in [7, 11) is -1.68. The lowest BCUT2D eigenvalue weighted by atomic mass is 9.43.